The zero-order chi connectivity index (χ0) is 21.5. The molecule has 1 spiro atoms. The van der Waals surface area contributed by atoms with E-state index in [9.17, 15) is 4.79 Å². The molecule has 1 atom stereocenters. The molecule has 0 radical (unpaired) electrons. The van der Waals surface area contributed by atoms with Gasteiger partial charge in [0.25, 0.3) is 5.91 Å². The topological polar surface area (TPSA) is 88.1 Å². The van der Waals surface area contributed by atoms with Crippen molar-refractivity contribution in [1.82, 2.24) is 9.88 Å². The molecule has 1 saturated heterocycles. The summed E-state index contributed by atoms with van der Waals surface area (Å²) in [6.07, 6.45) is 8.29. The fraction of sp³-hybridized carbons (Fsp3) is 0.458. The number of ether oxygens (including phenoxy) is 2. The number of carbonyl (C=O) groups excluding carboxylic acids is 1. The van der Waals surface area contributed by atoms with Crippen LogP contribution in [0, 0.1) is 0 Å². The number of anilines is 2. The van der Waals surface area contributed by atoms with Crippen LogP contribution in [0.3, 0.4) is 0 Å². The smallest absolute Gasteiger partial charge is 0.254 e. The Morgan fingerprint density at radius 1 is 1.16 bits per heavy atom. The van der Waals surface area contributed by atoms with Gasteiger partial charge >= 0.3 is 0 Å². The molecule has 32 heavy (non-hydrogen) atoms. The van der Waals surface area contributed by atoms with E-state index < -0.39 is 5.54 Å². The second kappa shape index (κ2) is 7.69. The zero-order valence-corrected chi connectivity index (χ0v) is 18.0. The van der Waals surface area contributed by atoms with Gasteiger partial charge in [-0.15, -0.1) is 0 Å². The van der Waals surface area contributed by atoms with Crippen molar-refractivity contribution in [2.45, 2.75) is 50.1 Å². The summed E-state index contributed by atoms with van der Waals surface area (Å²) in [5.41, 5.74) is 1.13. The molecule has 4 aliphatic rings. The van der Waals surface area contributed by atoms with Crippen LogP contribution in [0.5, 0.6) is 11.5 Å². The van der Waals surface area contributed by atoms with E-state index in [0.717, 1.165) is 43.0 Å². The molecule has 0 unspecified atom stereocenters. The van der Waals surface area contributed by atoms with Crippen molar-refractivity contribution in [3.8, 4) is 11.5 Å². The third-order valence-electron chi connectivity index (χ3n) is 6.91. The maximum Gasteiger partial charge on any atom is 0.254 e. The first-order valence-electron chi connectivity index (χ1n) is 11.5. The highest BCUT2D eigenvalue weighted by Gasteiger charge is 2.45. The maximum atomic E-state index is 13.5. The Bertz CT molecular complexity index is 1080. The van der Waals surface area contributed by atoms with Gasteiger partial charge in [-0.05, 0) is 56.0 Å². The number of nitrogens with zero attached hydrogens (tertiary/aromatic N) is 3. The van der Waals surface area contributed by atoms with Crippen molar-refractivity contribution in [1.29, 1.82) is 0 Å². The highest BCUT2D eigenvalue weighted by Crippen LogP contribution is 2.37. The Balaban J connectivity index is 1.32. The van der Waals surface area contributed by atoms with E-state index >= 15 is 0 Å². The lowest BCUT2D eigenvalue weighted by Crippen LogP contribution is -2.62. The number of rotatable bonds is 2. The van der Waals surface area contributed by atoms with E-state index in [1.54, 1.807) is 12.3 Å². The number of likely N-dealkylation sites (tertiary alicyclic amines) is 1. The van der Waals surface area contributed by atoms with Crippen molar-refractivity contribution in [3.05, 3.63) is 42.1 Å². The number of hydrogen-bond donors (Lipinski definition) is 2. The molecule has 2 fully saturated rings. The summed E-state index contributed by atoms with van der Waals surface area (Å²) in [6, 6.07) is 9.70. The van der Waals surface area contributed by atoms with Gasteiger partial charge in [-0.3, -0.25) is 9.79 Å². The van der Waals surface area contributed by atoms with Crippen LogP contribution < -0.4 is 20.1 Å². The Morgan fingerprint density at radius 3 is 2.94 bits per heavy atom. The molecule has 2 N–H and O–H groups in total. The molecule has 2 aromatic rings. The lowest BCUT2D eigenvalue weighted by Gasteiger charge is -2.47. The largest absolute Gasteiger partial charge is 0.454 e. The van der Waals surface area contributed by atoms with Gasteiger partial charge in [0.2, 0.25) is 6.79 Å². The molecule has 1 aromatic heterocycles. The second-order valence-electron chi connectivity index (χ2n) is 9.05. The molecule has 1 amide bonds. The number of amides is 1. The lowest BCUT2D eigenvalue weighted by atomic mass is 9.85. The number of piperidine rings is 1. The van der Waals surface area contributed by atoms with Crippen LogP contribution in [0.1, 0.15) is 48.9 Å². The number of aliphatic imine (C=N–C) groups is 1. The summed E-state index contributed by atoms with van der Waals surface area (Å²) in [7, 11) is 0. The standard InChI is InChI=1S/C24H27N5O3/c30-22(16-8-9-19-20(13-16)32-15-31-19)29-12-4-10-24(14-29)23(26-17-5-1-2-6-17)27-21-18(28-24)7-3-11-25-21/h3,7-9,11,13,17,28H,1-2,4-6,10,12,14-15H2,(H,25,26,27)/t24-/m1/s1. The van der Waals surface area contributed by atoms with E-state index in [2.05, 4.69) is 15.6 Å². The first-order valence-corrected chi connectivity index (χ1v) is 11.5. The average molecular weight is 434 g/mol. The number of pyridine rings is 1. The fourth-order valence-corrected chi connectivity index (χ4v) is 5.26. The predicted octanol–water partition coefficient (Wildman–Crippen LogP) is 3.66. The van der Waals surface area contributed by atoms with Gasteiger partial charge in [0, 0.05) is 18.3 Å². The first kappa shape index (κ1) is 19.4. The Kier molecular flexibility index (Phi) is 4.66. The van der Waals surface area contributed by atoms with Gasteiger partial charge in [-0.1, -0.05) is 12.8 Å². The third kappa shape index (κ3) is 3.34. The summed E-state index contributed by atoms with van der Waals surface area (Å²) in [4.78, 5) is 25.0. The summed E-state index contributed by atoms with van der Waals surface area (Å²) in [6.45, 7) is 1.46. The molecule has 8 heteroatoms. The van der Waals surface area contributed by atoms with Gasteiger partial charge in [-0.25, -0.2) is 4.98 Å². The Morgan fingerprint density at radius 2 is 2.03 bits per heavy atom. The molecule has 166 valence electrons. The molecule has 1 aliphatic carbocycles. The van der Waals surface area contributed by atoms with Gasteiger partial charge in [-0.2, -0.15) is 0 Å². The Hall–Kier alpha value is -3.29. The normalized spacial score (nSPS) is 25.5. The maximum absolute atomic E-state index is 13.5. The third-order valence-corrected chi connectivity index (χ3v) is 6.91. The summed E-state index contributed by atoms with van der Waals surface area (Å²) >= 11 is 0. The molecule has 6 rings (SSSR count). The van der Waals surface area contributed by atoms with Gasteiger partial charge in [0.05, 0.1) is 18.3 Å². The summed E-state index contributed by atoms with van der Waals surface area (Å²) in [5, 5.41) is 7.24. The van der Waals surface area contributed by atoms with Crippen LogP contribution in [-0.2, 0) is 0 Å². The minimum Gasteiger partial charge on any atom is -0.454 e. The monoisotopic (exact) mass is 433 g/mol. The SMILES string of the molecule is O=C(c1ccc2c(c1)OCO2)N1CCC[C@]2(C1)Nc1cccnc1NC2=NC1CCCC1. The van der Waals surface area contributed by atoms with Crippen molar-refractivity contribution < 1.29 is 14.3 Å². The van der Waals surface area contributed by atoms with Crippen molar-refractivity contribution in [2.24, 2.45) is 4.99 Å². The molecule has 3 aliphatic heterocycles. The average Bonchev–Trinajstić information content (AvgIpc) is 3.50. The highest BCUT2D eigenvalue weighted by atomic mass is 16.7. The number of hydrogen-bond acceptors (Lipinski definition) is 6. The van der Waals surface area contributed by atoms with Crippen LogP contribution in [0.4, 0.5) is 11.5 Å². The number of carbonyl (C=O) groups is 1. The molecule has 0 bridgehead atoms. The number of aromatic nitrogens is 1. The van der Waals surface area contributed by atoms with Crippen LogP contribution in [0.25, 0.3) is 0 Å². The van der Waals surface area contributed by atoms with Gasteiger partial charge in [0.1, 0.15) is 11.4 Å². The molecule has 4 heterocycles. The highest BCUT2D eigenvalue weighted by molar-refractivity contribution is 6.09. The van der Waals surface area contributed by atoms with Gasteiger partial charge in [0.15, 0.2) is 17.3 Å². The Labute approximate surface area is 187 Å². The van der Waals surface area contributed by atoms with Crippen LogP contribution in [-0.4, -0.2) is 53.1 Å². The van der Waals surface area contributed by atoms with E-state index in [1.165, 1.54) is 12.8 Å². The number of amidine groups is 1. The van der Waals surface area contributed by atoms with E-state index in [-0.39, 0.29) is 12.7 Å². The van der Waals surface area contributed by atoms with Crippen molar-refractivity contribution in [2.75, 3.05) is 30.5 Å². The number of nitrogens with one attached hydrogen (secondary N) is 2. The van der Waals surface area contributed by atoms with Crippen LogP contribution in [0.2, 0.25) is 0 Å². The lowest BCUT2D eigenvalue weighted by molar-refractivity contribution is 0.0694. The number of fused-ring (bicyclic) bond motifs is 2. The van der Waals surface area contributed by atoms with Crippen molar-refractivity contribution >= 4 is 23.2 Å². The molecule has 1 saturated carbocycles. The first-order chi connectivity index (χ1) is 15.7. The van der Waals surface area contributed by atoms with E-state index in [4.69, 9.17) is 14.5 Å². The second-order valence-corrected chi connectivity index (χ2v) is 9.05. The number of benzene rings is 1. The minimum atomic E-state index is -0.442. The molecular formula is C24H27N5O3. The molecule has 1 aromatic carbocycles. The quantitative estimate of drug-likeness (QED) is 0.752. The predicted molar refractivity (Wildman–Crippen MR) is 122 cm³/mol. The fourth-order valence-electron chi connectivity index (χ4n) is 5.26. The summed E-state index contributed by atoms with van der Waals surface area (Å²) in [5.74, 6) is 3.03. The van der Waals surface area contributed by atoms with E-state index in [0.29, 0.717) is 36.2 Å². The van der Waals surface area contributed by atoms with Crippen LogP contribution in [0.15, 0.2) is 41.5 Å². The minimum absolute atomic E-state index is 0.00127. The van der Waals surface area contributed by atoms with Crippen molar-refractivity contribution in [3.63, 3.8) is 0 Å². The molecule has 8 nitrogen and oxygen atoms in total. The summed E-state index contributed by atoms with van der Waals surface area (Å²) < 4.78 is 10.9. The van der Waals surface area contributed by atoms with Crippen LogP contribution >= 0.6 is 0 Å². The zero-order valence-electron chi connectivity index (χ0n) is 18.0. The molecular weight excluding hydrogens is 406 g/mol. The van der Waals surface area contributed by atoms with Gasteiger partial charge < -0.3 is 25.0 Å². The van der Waals surface area contributed by atoms with E-state index in [1.807, 2.05) is 29.2 Å².